The molecule has 92 valence electrons. The van der Waals surface area contributed by atoms with Crippen LogP contribution in [0, 0.1) is 0 Å². The zero-order chi connectivity index (χ0) is 12.8. The van der Waals surface area contributed by atoms with Gasteiger partial charge in [0.05, 0.1) is 19.1 Å². The maximum Gasteiger partial charge on any atom is 0.307 e. The predicted octanol–water partition coefficient (Wildman–Crippen LogP) is 2.50. The number of methoxy groups -OCH3 is 1. The lowest BCUT2D eigenvalue weighted by Crippen LogP contribution is -2.26. The molecule has 1 aromatic carbocycles. The van der Waals surface area contributed by atoms with Crippen molar-refractivity contribution in [3.63, 3.8) is 0 Å². The highest BCUT2D eigenvalue weighted by atomic mass is 79.9. The number of hydrogen-bond donors (Lipinski definition) is 1. The topological polar surface area (TPSA) is 55.4 Å². The van der Waals surface area contributed by atoms with Crippen molar-refractivity contribution in [3.05, 3.63) is 32.7 Å². The first kappa shape index (κ1) is 14.2. The summed E-state index contributed by atoms with van der Waals surface area (Å²) < 4.78 is 6.05. The molecule has 0 fully saturated rings. The van der Waals surface area contributed by atoms with Crippen LogP contribution >= 0.6 is 31.9 Å². The number of hydrogen-bond acceptors (Lipinski definition) is 3. The lowest BCUT2D eigenvalue weighted by molar-refractivity contribution is -0.140. The number of carbonyl (C=O) groups excluding carboxylic acids is 2. The van der Waals surface area contributed by atoms with E-state index >= 15 is 0 Å². The summed E-state index contributed by atoms with van der Waals surface area (Å²) in [5.41, 5.74) is 0.526. The summed E-state index contributed by atoms with van der Waals surface area (Å²) in [5.74, 6) is -0.576. The van der Waals surface area contributed by atoms with Crippen molar-refractivity contribution in [1.29, 1.82) is 0 Å². The number of rotatable bonds is 4. The molecular formula is C11H11Br2NO3. The second-order valence-corrected chi connectivity index (χ2v) is 4.98. The molecule has 0 atom stereocenters. The highest BCUT2D eigenvalue weighted by molar-refractivity contribution is 9.11. The Morgan fingerprint density at radius 1 is 1.35 bits per heavy atom. The Balaban J connectivity index is 2.55. The van der Waals surface area contributed by atoms with E-state index in [2.05, 4.69) is 41.9 Å². The van der Waals surface area contributed by atoms with Crippen LogP contribution in [-0.4, -0.2) is 25.5 Å². The average molecular weight is 365 g/mol. The van der Waals surface area contributed by atoms with Crippen LogP contribution in [0.15, 0.2) is 27.1 Å². The molecule has 6 heteroatoms. The Morgan fingerprint density at radius 2 is 2.06 bits per heavy atom. The molecule has 0 saturated carbocycles. The highest BCUT2D eigenvalue weighted by Crippen LogP contribution is 2.21. The van der Waals surface area contributed by atoms with Gasteiger partial charge in [0.25, 0.3) is 5.91 Å². The van der Waals surface area contributed by atoms with Gasteiger partial charge < -0.3 is 10.1 Å². The average Bonchev–Trinajstić information content (AvgIpc) is 2.28. The third kappa shape index (κ3) is 4.47. The predicted molar refractivity (Wildman–Crippen MR) is 70.8 cm³/mol. The van der Waals surface area contributed by atoms with Gasteiger partial charge in [0, 0.05) is 15.5 Å². The van der Waals surface area contributed by atoms with Crippen molar-refractivity contribution in [2.75, 3.05) is 13.7 Å². The monoisotopic (exact) mass is 363 g/mol. The van der Waals surface area contributed by atoms with Gasteiger partial charge in [-0.05, 0) is 34.1 Å². The van der Waals surface area contributed by atoms with Crippen LogP contribution in [0.3, 0.4) is 0 Å². The zero-order valence-electron chi connectivity index (χ0n) is 9.13. The van der Waals surface area contributed by atoms with Crippen LogP contribution in [0.1, 0.15) is 16.8 Å². The minimum absolute atomic E-state index is 0.163. The quantitative estimate of drug-likeness (QED) is 0.835. The summed E-state index contributed by atoms with van der Waals surface area (Å²) in [7, 11) is 1.31. The minimum atomic E-state index is -0.347. The largest absolute Gasteiger partial charge is 0.469 e. The molecule has 1 amide bonds. The Hall–Kier alpha value is -0.880. The van der Waals surface area contributed by atoms with E-state index in [0.717, 1.165) is 4.47 Å². The van der Waals surface area contributed by atoms with Crippen LogP contribution < -0.4 is 5.32 Å². The molecule has 17 heavy (non-hydrogen) atoms. The van der Waals surface area contributed by atoms with Gasteiger partial charge in [-0.25, -0.2) is 0 Å². The normalized spacial score (nSPS) is 9.82. The number of ether oxygens (including phenoxy) is 1. The van der Waals surface area contributed by atoms with Crippen molar-refractivity contribution in [3.8, 4) is 0 Å². The smallest absolute Gasteiger partial charge is 0.307 e. The second-order valence-electron chi connectivity index (χ2n) is 3.21. The molecule has 1 rings (SSSR count). The fourth-order valence-corrected chi connectivity index (χ4v) is 2.38. The SMILES string of the molecule is COC(=O)CCNC(=O)c1ccc(Br)cc1Br. The van der Waals surface area contributed by atoms with Crippen molar-refractivity contribution < 1.29 is 14.3 Å². The van der Waals surface area contributed by atoms with Crippen molar-refractivity contribution >= 4 is 43.7 Å². The second kappa shape index (κ2) is 6.76. The van der Waals surface area contributed by atoms with Gasteiger partial charge in [-0.2, -0.15) is 0 Å². The van der Waals surface area contributed by atoms with Crippen LogP contribution in [0.2, 0.25) is 0 Å². The number of halogens is 2. The molecular weight excluding hydrogens is 354 g/mol. The number of benzene rings is 1. The summed E-state index contributed by atoms with van der Waals surface area (Å²) in [4.78, 5) is 22.6. The fraction of sp³-hybridized carbons (Fsp3) is 0.273. The molecule has 1 N–H and O–H groups in total. The molecule has 0 unspecified atom stereocenters. The third-order valence-corrected chi connectivity index (χ3v) is 3.17. The van der Waals surface area contributed by atoms with Crippen molar-refractivity contribution in [1.82, 2.24) is 5.32 Å². The summed E-state index contributed by atoms with van der Waals surface area (Å²) in [6.45, 7) is 0.258. The van der Waals surface area contributed by atoms with E-state index in [-0.39, 0.29) is 24.8 Å². The van der Waals surface area contributed by atoms with Crippen LogP contribution in [0.25, 0.3) is 0 Å². The fourth-order valence-electron chi connectivity index (χ4n) is 1.15. The van der Waals surface area contributed by atoms with Gasteiger partial charge >= 0.3 is 5.97 Å². The standard InChI is InChI=1S/C11H11Br2NO3/c1-17-10(15)4-5-14-11(16)8-3-2-7(12)6-9(8)13/h2-3,6H,4-5H2,1H3,(H,14,16). The number of amides is 1. The molecule has 0 aromatic heterocycles. The number of carbonyl (C=O) groups is 2. The molecule has 0 aliphatic heterocycles. The van der Waals surface area contributed by atoms with Gasteiger partial charge in [0.1, 0.15) is 0 Å². The number of nitrogens with one attached hydrogen (secondary N) is 1. The van der Waals surface area contributed by atoms with E-state index in [1.165, 1.54) is 7.11 Å². The van der Waals surface area contributed by atoms with Crippen molar-refractivity contribution in [2.45, 2.75) is 6.42 Å². The van der Waals surface area contributed by atoms with Gasteiger partial charge in [0.15, 0.2) is 0 Å². The van der Waals surface area contributed by atoms with E-state index in [4.69, 9.17) is 0 Å². The first-order valence-electron chi connectivity index (χ1n) is 4.84. The number of esters is 1. The maximum absolute atomic E-state index is 11.7. The first-order valence-corrected chi connectivity index (χ1v) is 6.43. The van der Waals surface area contributed by atoms with E-state index in [1.54, 1.807) is 18.2 Å². The molecule has 0 aliphatic rings. The van der Waals surface area contributed by atoms with E-state index < -0.39 is 0 Å². The zero-order valence-corrected chi connectivity index (χ0v) is 12.3. The highest BCUT2D eigenvalue weighted by Gasteiger charge is 2.10. The van der Waals surface area contributed by atoms with Crippen molar-refractivity contribution in [2.24, 2.45) is 0 Å². The van der Waals surface area contributed by atoms with Gasteiger partial charge in [-0.1, -0.05) is 15.9 Å². The molecule has 0 aliphatic carbocycles. The summed E-state index contributed by atoms with van der Waals surface area (Å²) in [6, 6.07) is 5.26. The van der Waals surface area contributed by atoms with Crippen LogP contribution in [0.4, 0.5) is 0 Å². The molecule has 1 aromatic rings. The molecule has 0 spiro atoms. The Kier molecular flexibility index (Phi) is 5.64. The lowest BCUT2D eigenvalue weighted by Gasteiger charge is -2.06. The molecule has 0 heterocycles. The Morgan fingerprint density at radius 3 is 2.65 bits per heavy atom. The van der Waals surface area contributed by atoms with E-state index in [9.17, 15) is 9.59 Å². The first-order chi connectivity index (χ1) is 8.04. The third-order valence-electron chi connectivity index (χ3n) is 2.02. The van der Waals surface area contributed by atoms with Gasteiger partial charge in [-0.15, -0.1) is 0 Å². The minimum Gasteiger partial charge on any atom is -0.469 e. The van der Waals surface area contributed by atoms with Crippen LogP contribution in [0.5, 0.6) is 0 Å². The van der Waals surface area contributed by atoms with Gasteiger partial charge in [-0.3, -0.25) is 9.59 Å². The lowest BCUT2D eigenvalue weighted by atomic mass is 10.2. The molecule has 0 radical (unpaired) electrons. The maximum atomic E-state index is 11.7. The summed E-state index contributed by atoms with van der Waals surface area (Å²) in [5, 5.41) is 2.64. The van der Waals surface area contributed by atoms with E-state index in [1.807, 2.05) is 0 Å². The summed E-state index contributed by atoms with van der Waals surface area (Å²) in [6.07, 6.45) is 0.163. The Bertz CT molecular complexity index is 435. The molecule has 0 saturated heterocycles. The van der Waals surface area contributed by atoms with Gasteiger partial charge in [0.2, 0.25) is 0 Å². The summed E-state index contributed by atoms with van der Waals surface area (Å²) >= 11 is 6.60. The molecule has 0 bridgehead atoms. The molecule has 4 nitrogen and oxygen atoms in total. The Labute approximate surface area is 116 Å². The van der Waals surface area contributed by atoms with E-state index in [0.29, 0.717) is 10.0 Å². The van der Waals surface area contributed by atoms with Crippen LogP contribution in [-0.2, 0) is 9.53 Å².